The number of nitrogens with one attached hydrogen (secondary N) is 4. The van der Waals surface area contributed by atoms with E-state index in [-0.39, 0.29) is 65.3 Å². The van der Waals surface area contributed by atoms with Crippen LogP contribution in [0, 0.1) is 13.8 Å². The highest BCUT2D eigenvalue weighted by Crippen LogP contribution is 2.36. The molecule has 0 saturated heterocycles. The lowest BCUT2D eigenvalue weighted by molar-refractivity contribution is -0.138. The van der Waals surface area contributed by atoms with Crippen molar-refractivity contribution in [3.05, 3.63) is 138 Å². The number of rotatable bonds is 14. The highest BCUT2D eigenvalue weighted by molar-refractivity contribution is 6.35. The zero-order valence-electron chi connectivity index (χ0n) is 35.3. The SMILES string of the molecule is CC(=O)C(N=Nc1ccc(Cl)c(C(=O)Nc2cc(Cl)cc(C(F)(F)F)c2)c1)C(=O)Nc1cc(C)c(NC(=O)C(N=Nc2ccc(Cl)c(C(=O)Nc3cc(Cl)cc(C(F)(F)F)c3)c2)C(C)=O)c(C)c1. The highest BCUT2D eigenvalue weighted by Gasteiger charge is 2.33. The quantitative estimate of drug-likeness (QED) is 0.0484. The summed E-state index contributed by atoms with van der Waals surface area (Å²) in [6.07, 6.45) is -9.49. The molecular weight excluding hydrogens is 992 g/mol. The van der Waals surface area contributed by atoms with Crippen molar-refractivity contribution in [2.75, 3.05) is 21.3 Å². The molecule has 5 aromatic carbocycles. The van der Waals surface area contributed by atoms with E-state index in [9.17, 15) is 55.1 Å². The second-order valence-electron chi connectivity index (χ2n) is 14.6. The topological polar surface area (TPSA) is 200 Å². The van der Waals surface area contributed by atoms with Gasteiger partial charge in [-0.2, -0.15) is 46.8 Å². The van der Waals surface area contributed by atoms with Crippen LogP contribution in [0.3, 0.4) is 0 Å². The minimum Gasteiger partial charge on any atom is -0.324 e. The van der Waals surface area contributed by atoms with Gasteiger partial charge in [-0.05, 0) is 124 Å². The number of ketones is 2. The van der Waals surface area contributed by atoms with Gasteiger partial charge in [0.2, 0.25) is 12.1 Å². The number of anilines is 4. The van der Waals surface area contributed by atoms with E-state index in [1.54, 1.807) is 13.8 Å². The van der Waals surface area contributed by atoms with Gasteiger partial charge in [-0.3, -0.25) is 28.8 Å². The molecule has 0 radical (unpaired) electrons. The number of halogens is 10. The molecule has 2 atom stereocenters. The lowest BCUT2D eigenvalue weighted by Gasteiger charge is -2.17. The summed E-state index contributed by atoms with van der Waals surface area (Å²) in [4.78, 5) is 77.9. The number of amides is 4. The number of alkyl halides is 6. The van der Waals surface area contributed by atoms with Crippen LogP contribution in [0.2, 0.25) is 20.1 Å². The predicted octanol–water partition coefficient (Wildman–Crippen LogP) is 12.8. The first-order chi connectivity index (χ1) is 31.7. The van der Waals surface area contributed by atoms with E-state index in [0.717, 1.165) is 38.1 Å². The van der Waals surface area contributed by atoms with Crippen LogP contribution in [-0.2, 0) is 31.5 Å². The van der Waals surface area contributed by atoms with Crippen molar-refractivity contribution in [3.8, 4) is 0 Å². The maximum Gasteiger partial charge on any atom is 0.416 e. The molecular formula is C44H32Cl4F6N8O6. The zero-order chi connectivity index (χ0) is 50.4. The molecule has 4 amide bonds. The lowest BCUT2D eigenvalue weighted by Crippen LogP contribution is -2.33. The van der Waals surface area contributed by atoms with Gasteiger partial charge in [0.1, 0.15) is 0 Å². The Bertz CT molecular complexity index is 2910. The molecule has 0 heterocycles. The third-order valence-electron chi connectivity index (χ3n) is 9.25. The fraction of sp³-hybridized carbons (Fsp3) is 0.182. The minimum atomic E-state index is -4.75. The molecule has 24 heteroatoms. The Labute approximate surface area is 401 Å². The van der Waals surface area contributed by atoms with Crippen molar-refractivity contribution in [1.29, 1.82) is 0 Å². The summed E-state index contributed by atoms with van der Waals surface area (Å²) in [6, 6.07) is 11.7. The smallest absolute Gasteiger partial charge is 0.324 e. The van der Waals surface area contributed by atoms with Crippen molar-refractivity contribution >= 4 is 116 Å². The van der Waals surface area contributed by atoms with Gasteiger partial charge in [0.15, 0.2) is 11.6 Å². The Morgan fingerprint density at radius 1 is 0.500 bits per heavy atom. The maximum absolute atomic E-state index is 13.4. The van der Waals surface area contributed by atoms with E-state index in [0.29, 0.717) is 35.4 Å². The predicted molar refractivity (Wildman–Crippen MR) is 243 cm³/mol. The third kappa shape index (κ3) is 13.7. The average molecular weight is 1020 g/mol. The summed E-state index contributed by atoms with van der Waals surface area (Å²) in [6.45, 7) is 5.28. The van der Waals surface area contributed by atoms with Gasteiger partial charge in [0.05, 0.1) is 43.7 Å². The molecule has 5 aromatic rings. The van der Waals surface area contributed by atoms with Crippen LogP contribution in [0.1, 0.15) is 56.8 Å². The second kappa shape index (κ2) is 21.5. The van der Waals surface area contributed by atoms with Gasteiger partial charge in [-0.25, -0.2) is 0 Å². The zero-order valence-corrected chi connectivity index (χ0v) is 38.3. The minimum absolute atomic E-state index is 0.0552. The molecule has 0 spiro atoms. The second-order valence-corrected chi connectivity index (χ2v) is 16.3. The van der Waals surface area contributed by atoms with E-state index < -0.39 is 70.8 Å². The van der Waals surface area contributed by atoms with Crippen molar-refractivity contribution < 1.29 is 55.1 Å². The lowest BCUT2D eigenvalue weighted by atomic mass is 10.1. The van der Waals surface area contributed by atoms with Crippen LogP contribution in [0.4, 0.5) is 60.5 Å². The van der Waals surface area contributed by atoms with Gasteiger partial charge >= 0.3 is 12.4 Å². The van der Waals surface area contributed by atoms with Gasteiger partial charge in [0.25, 0.3) is 23.6 Å². The molecule has 0 saturated carbocycles. The first kappa shape index (κ1) is 52.2. The number of aryl methyl sites for hydroxylation is 2. The van der Waals surface area contributed by atoms with E-state index in [4.69, 9.17) is 46.4 Å². The summed E-state index contributed by atoms with van der Waals surface area (Å²) < 4.78 is 79.7. The Hall–Kier alpha value is -6.74. The summed E-state index contributed by atoms with van der Waals surface area (Å²) >= 11 is 24.0. The van der Waals surface area contributed by atoms with Gasteiger partial charge < -0.3 is 21.3 Å². The van der Waals surface area contributed by atoms with Gasteiger partial charge in [-0.1, -0.05) is 46.4 Å². The molecule has 68 heavy (non-hydrogen) atoms. The van der Waals surface area contributed by atoms with Crippen LogP contribution in [0.5, 0.6) is 0 Å². The fourth-order valence-corrected chi connectivity index (χ4v) is 6.94. The molecule has 0 aromatic heterocycles. The fourth-order valence-electron chi connectivity index (χ4n) is 6.07. The number of nitrogens with zero attached hydrogens (tertiary/aromatic N) is 4. The monoisotopic (exact) mass is 1020 g/mol. The van der Waals surface area contributed by atoms with Crippen LogP contribution in [0.25, 0.3) is 0 Å². The summed E-state index contributed by atoms with van der Waals surface area (Å²) in [5.41, 5.74) is -2.21. The van der Waals surface area contributed by atoms with E-state index in [1.807, 2.05) is 0 Å². The van der Waals surface area contributed by atoms with E-state index in [2.05, 4.69) is 41.7 Å². The molecule has 4 N–H and O–H groups in total. The van der Waals surface area contributed by atoms with Crippen LogP contribution in [-0.4, -0.2) is 47.3 Å². The highest BCUT2D eigenvalue weighted by atomic mass is 35.5. The van der Waals surface area contributed by atoms with Crippen molar-refractivity contribution in [1.82, 2.24) is 0 Å². The molecule has 0 bridgehead atoms. The third-order valence-corrected chi connectivity index (χ3v) is 10.3. The standard InChI is InChI=1S/C44H32Cl4F6N8O6/c1-19-9-29(57-41(67)37(21(3)63)61-59-27-5-7-34(47)32(17-27)39(65)55-30-13-23(43(49,50)51)11-25(45)15-30)10-20(2)36(19)58-42(68)38(22(4)64)62-60-28-6-8-35(48)33(18-28)40(66)56-31-14-24(44(52,53)54)12-26(46)16-31/h5-18,37-38H,1-4H3,(H,55,65)(H,56,66)(H,57,67)(H,58,68). The first-order valence-corrected chi connectivity index (χ1v) is 20.7. The number of Topliss-reactive ketones (excluding diaryl/α,β-unsaturated/α-hetero) is 2. The number of carbonyl (C=O) groups excluding carboxylic acids is 6. The summed E-state index contributed by atoms with van der Waals surface area (Å²) in [5.74, 6) is -5.18. The molecule has 5 rings (SSSR count). The first-order valence-electron chi connectivity index (χ1n) is 19.2. The number of hydrogen-bond acceptors (Lipinski definition) is 10. The summed E-state index contributed by atoms with van der Waals surface area (Å²) in [7, 11) is 0. The van der Waals surface area contributed by atoms with Crippen LogP contribution >= 0.6 is 46.4 Å². The largest absolute Gasteiger partial charge is 0.416 e. The number of carbonyl (C=O) groups is 6. The average Bonchev–Trinajstić information content (AvgIpc) is 3.22. The molecule has 0 fully saturated rings. The Morgan fingerprint density at radius 3 is 1.24 bits per heavy atom. The van der Waals surface area contributed by atoms with E-state index >= 15 is 0 Å². The van der Waals surface area contributed by atoms with E-state index in [1.165, 1.54) is 36.4 Å². The van der Waals surface area contributed by atoms with Crippen molar-refractivity contribution in [3.63, 3.8) is 0 Å². The maximum atomic E-state index is 13.4. The van der Waals surface area contributed by atoms with Crippen LogP contribution in [0.15, 0.2) is 105 Å². The van der Waals surface area contributed by atoms with Crippen molar-refractivity contribution in [2.45, 2.75) is 52.1 Å². The normalized spacial score (nSPS) is 12.7. The van der Waals surface area contributed by atoms with Gasteiger partial charge in [0, 0.05) is 32.8 Å². The molecule has 2 unspecified atom stereocenters. The molecule has 354 valence electrons. The molecule has 0 aliphatic carbocycles. The Kier molecular flexibility index (Phi) is 16.5. The Morgan fingerprint density at radius 2 is 0.868 bits per heavy atom. The number of benzene rings is 5. The molecule has 14 nitrogen and oxygen atoms in total. The molecule has 0 aliphatic heterocycles. The van der Waals surface area contributed by atoms with Crippen molar-refractivity contribution in [2.24, 2.45) is 20.5 Å². The summed E-state index contributed by atoms with van der Waals surface area (Å²) in [5, 5.41) is 24.5. The van der Waals surface area contributed by atoms with Gasteiger partial charge in [-0.15, -0.1) is 0 Å². The molecule has 0 aliphatic rings. The Balaban J connectivity index is 1.26. The number of hydrogen-bond donors (Lipinski definition) is 4. The van der Waals surface area contributed by atoms with Crippen LogP contribution < -0.4 is 21.3 Å². The number of azo groups is 2.